The van der Waals surface area contributed by atoms with Gasteiger partial charge in [-0.1, -0.05) is 6.07 Å². The van der Waals surface area contributed by atoms with E-state index in [1.54, 1.807) is 0 Å². The molecule has 1 aromatic rings. The molecule has 2 saturated carbocycles. The molecule has 9 heteroatoms. The fraction of sp³-hybridized carbons (Fsp3) is 0.562. The van der Waals surface area contributed by atoms with Crippen molar-refractivity contribution in [3.63, 3.8) is 0 Å². The van der Waals surface area contributed by atoms with Crippen LogP contribution in [0.2, 0.25) is 0 Å². The number of benzene rings is 1. The van der Waals surface area contributed by atoms with Crippen LogP contribution in [0.5, 0.6) is 0 Å². The van der Waals surface area contributed by atoms with E-state index in [0.717, 1.165) is 16.4 Å². The van der Waals surface area contributed by atoms with Gasteiger partial charge in [0.15, 0.2) is 5.69 Å². The van der Waals surface area contributed by atoms with E-state index >= 15 is 0 Å². The van der Waals surface area contributed by atoms with Crippen molar-refractivity contribution in [1.82, 2.24) is 0 Å². The molecule has 5 nitrogen and oxygen atoms in total. The van der Waals surface area contributed by atoms with Crippen molar-refractivity contribution >= 4 is 21.4 Å². The van der Waals surface area contributed by atoms with E-state index in [-0.39, 0.29) is 30.0 Å². The Labute approximate surface area is 142 Å². The van der Waals surface area contributed by atoms with Crippen LogP contribution in [0.25, 0.3) is 4.85 Å². The molecule has 1 N–H and O–H groups in total. The molecule has 5 atom stereocenters. The molecule has 3 fully saturated rings. The third-order valence-corrected chi connectivity index (χ3v) is 8.15. The van der Waals surface area contributed by atoms with Crippen LogP contribution in [-0.4, -0.2) is 31.4 Å². The third-order valence-electron chi connectivity index (χ3n) is 5.78. The van der Waals surface area contributed by atoms with Crippen molar-refractivity contribution in [2.75, 3.05) is 10.8 Å². The number of rotatable bonds is 1. The predicted octanol–water partition coefficient (Wildman–Crippen LogP) is 2.79. The lowest BCUT2D eigenvalue weighted by Gasteiger charge is -2.26. The van der Waals surface area contributed by atoms with Crippen LogP contribution >= 0.6 is 0 Å². The minimum absolute atomic E-state index is 0.0667. The number of anilines is 1. The minimum atomic E-state index is -4.73. The summed E-state index contributed by atoms with van der Waals surface area (Å²) in [6.45, 7) is 7.01. The normalized spacial score (nSPS) is 35.6. The zero-order valence-corrected chi connectivity index (χ0v) is 13.8. The summed E-state index contributed by atoms with van der Waals surface area (Å²) >= 11 is 0. The molecule has 4 rings (SSSR count). The summed E-state index contributed by atoms with van der Waals surface area (Å²) in [5.74, 6) is -0.405. The Morgan fingerprint density at radius 3 is 2.60 bits per heavy atom. The first-order valence-corrected chi connectivity index (χ1v) is 9.43. The van der Waals surface area contributed by atoms with Crippen LogP contribution in [0.15, 0.2) is 18.2 Å². The average molecular weight is 372 g/mol. The van der Waals surface area contributed by atoms with Crippen molar-refractivity contribution in [1.29, 1.82) is 0 Å². The van der Waals surface area contributed by atoms with Gasteiger partial charge in [0.25, 0.3) is 0 Å². The molecule has 1 aliphatic heterocycles. The van der Waals surface area contributed by atoms with Crippen molar-refractivity contribution < 1.29 is 26.7 Å². The maximum absolute atomic E-state index is 13.2. The lowest BCUT2D eigenvalue weighted by atomic mass is 9.87. The van der Waals surface area contributed by atoms with Crippen LogP contribution in [0.4, 0.5) is 24.5 Å². The van der Waals surface area contributed by atoms with Crippen LogP contribution in [-0.2, 0) is 16.2 Å². The summed E-state index contributed by atoms with van der Waals surface area (Å²) in [7, 11) is -3.83. The van der Waals surface area contributed by atoms with E-state index < -0.39 is 38.8 Å². The fourth-order valence-corrected chi connectivity index (χ4v) is 7.33. The lowest BCUT2D eigenvalue weighted by molar-refractivity contribution is -0.136. The molecule has 134 valence electrons. The highest BCUT2D eigenvalue weighted by molar-refractivity contribution is 7.93. The van der Waals surface area contributed by atoms with Gasteiger partial charge in [-0.15, -0.1) is 0 Å². The van der Waals surface area contributed by atoms with Crippen molar-refractivity contribution in [2.45, 2.75) is 30.4 Å². The van der Waals surface area contributed by atoms with Crippen molar-refractivity contribution in [3.8, 4) is 0 Å². The molecule has 0 aromatic heterocycles. The Hall–Kier alpha value is -1.79. The first-order valence-electron chi connectivity index (χ1n) is 7.93. The highest BCUT2D eigenvalue weighted by atomic mass is 32.2. The predicted molar refractivity (Wildman–Crippen MR) is 83.5 cm³/mol. The highest BCUT2D eigenvalue weighted by Crippen LogP contribution is 2.56. The maximum atomic E-state index is 13.2. The molecule has 0 unspecified atom stereocenters. The highest BCUT2D eigenvalue weighted by Gasteiger charge is 2.62. The summed E-state index contributed by atoms with van der Waals surface area (Å²) in [5.41, 5.74) is -1.75. The van der Waals surface area contributed by atoms with Gasteiger partial charge in [0.1, 0.15) is 0 Å². The molecule has 1 aromatic carbocycles. The van der Waals surface area contributed by atoms with E-state index in [9.17, 15) is 26.7 Å². The van der Waals surface area contributed by atoms with Crippen LogP contribution < -0.4 is 4.31 Å². The number of sulfonamides is 1. The minimum Gasteiger partial charge on any atom is -0.393 e. The Morgan fingerprint density at radius 1 is 1.24 bits per heavy atom. The first kappa shape index (κ1) is 16.7. The maximum Gasteiger partial charge on any atom is 0.407 e. The van der Waals surface area contributed by atoms with E-state index in [1.807, 2.05) is 0 Å². The molecule has 1 saturated heterocycles. The van der Waals surface area contributed by atoms with Gasteiger partial charge in [-0.25, -0.2) is 13.3 Å². The first-order chi connectivity index (χ1) is 11.6. The summed E-state index contributed by atoms with van der Waals surface area (Å²) in [5, 5.41) is 9.28. The van der Waals surface area contributed by atoms with E-state index in [1.165, 1.54) is 6.07 Å². The number of fused-ring (bicyclic) bond motifs is 5. The number of nitrogens with zero attached hydrogens (tertiary/aromatic N) is 2. The Kier molecular flexibility index (Phi) is 3.41. The van der Waals surface area contributed by atoms with E-state index in [2.05, 4.69) is 4.85 Å². The van der Waals surface area contributed by atoms with Gasteiger partial charge in [0.2, 0.25) is 10.0 Å². The standard InChI is InChI=1S/C16H15F3N2O3S/c1-20-13-3-2-9(6-12(13)16(17,18)19)21-7-11-8-4-10(14(22)5-8)15(11)25(21,23)24/h2-3,6,8,10-11,14-15,22H,4-5,7H2/t8-,10+,11+,14-,15-/m0/s1. The third kappa shape index (κ3) is 2.27. The van der Waals surface area contributed by atoms with Crippen LogP contribution in [0, 0.1) is 24.3 Å². The second kappa shape index (κ2) is 5.11. The van der Waals surface area contributed by atoms with Crippen molar-refractivity contribution in [2.24, 2.45) is 17.8 Å². The van der Waals surface area contributed by atoms with Crippen molar-refractivity contribution in [3.05, 3.63) is 35.2 Å². The monoisotopic (exact) mass is 372 g/mol. The summed E-state index contributed by atoms with van der Waals surface area (Å²) < 4.78 is 66.3. The molecule has 3 aliphatic rings. The molecule has 1 heterocycles. The smallest absolute Gasteiger partial charge is 0.393 e. The van der Waals surface area contributed by atoms with Gasteiger partial charge < -0.3 is 5.11 Å². The quantitative estimate of drug-likeness (QED) is 0.771. The second-order valence-electron chi connectivity index (χ2n) is 6.98. The molecular weight excluding hydrogens is 357 g/mol. The number of hydrogen-bond acceptors (Lipinski definition) is 3. The van der Waals surface area contributed by atoms with Gasteiger partial charge in [0, 0.05) is 18.2 Å². The molecule has 0 radical (unpaired) electrons. The number of halogens is 3. The Balaban J connectivity index is 1.76. The van der Waals surface area contributed by atoms with Gasteiger partial charge >= 0.3 is 6.18 Å². The molecule has 25 heavy (non-hydrogen) atoms. The summed E-state index contributed by atoms with van der Waals surface area (Å²) in [6, 6.07) is 3.00. The zero-order chi connectivity index (χ0) is 18.1. The van der Waals surface area contributed by atoms with E-state index in [4.69, 9.17) is 6.57 Å². The Bertz CT molecular complexity index is 878. The largest absolute Gasteiger partial charge is 0.407 e. The van der Waals surface area contributed by atoms with Gasteiger partial charge in [-0.05, 0) is 36.8 Å². The number of hydrogen-bond donors (Lipinski definition) is 1. The number of alkyl halides is 3. The molecule has 0 amide bonds. The molecule has 2 aliphatic carbocycles. The van der Waals surface area contributed by atoms with Gasteiger partial charge in [-0.3, -0.25) is 4.31 Å². The fourth-order valence-electron chi connectivity index (χ4n) is 4.77. The second-order valence-corrected chi connectivity index (χ2v) is 8.99. The molecular formula is C16H15F3N2O3S. The number of aliphatic hydroxyl groups excluding tert-OH is 1. The topological polar surface area (TPSA) is 62.0 Å². The molecule has 0 spiro atoms. The Morgan fingerprint density at radius 2 is 1.96 bits per heavy atom. The zero-order valence-electron chi connectivity index (χ0n) is 12.9. The summed E-state index contributed by atoms with van der Waals surface area (Å²) in [6.07, 6.45) is -4.17. The lowest BCUT2D eigenvalue weighted by Crippen LogP contribution is -2.38. The van der Waals surface area contributed by atoms with E-state index in [0.29, 0.717) is 12.8 Å². The van der Waals surface area contributed by atoms with Crippen LogP contribution in [0.1, 0.15) is 18.4 Å². The summed E-state index contributed by atoms with van der Waals surface area (Å²) in [4.78, 5) is 2.87. The van der Waals surface area contributed by atoms with Crippen LogP contribution in [0.3, 0.4) is 0 Å². The SMILES string of the molecule is [C-]#[N+]c1ccc(N2C[C@@H]3[C@H]4C[C@@H]([C@@H]3S2(=O)=O)[C@@H](O)C4)cc1C(F)(F)F. The van der Waals surface area contributed by atoms with Gasteiger partial charge in [0.05, 0.1) is 23.5 Å². The average Bonchev–Trinajstić information content (AvgIpc) is 3.15. The van der Waals surface area contributed by atoms with Gasteiger partial charge in [-0.2, -0.15) is 13.2 Å². The molecule has 2 bridgehead atoms. The number of aliphatic hydroxyl groups is 1.